The number of hydrogen-bond donors (Lipinski definition) is 1. The molecule has 1 aromatic heterocycles. The van der Waals surface area contributed by atoms with E-state index >= 15 is 0 Å². The summed E-state index contributed by atoms with van der Waals surface area (Å²) in [5, 5.41) is 2.81. The van der Waals surface area contributed by atoms with Crippen molar-refractivity contribution in [1.82, 2.24) is 9.88 Å². The van der Waals surface area contributed by atoms with Crippen LogP contribution in [0.3, 0.4) is 0 Å². The molecule has 2 amide bonds. The number of rotatable bonds is 4. The van der Waals surface area contributed by atoms with Gasteiger partial charge in [-0.2, -0.15) is 0 Å². The third kappa shape index (κ3) is 2.85. The lowest BCUT2D eigenvalue weighted by molar-refractivity contribution is -0.128. The zero-order valence-electron chi connectivity index (χ0n) is 10.4. The highest BCUT2D eigenvalue weighted by atomic mass is 16.2. The van der Waals surface area contributed by atoms with Gasteiger partial charge in [-0.05, 0) is 18.6 Å². The van der Waals surface area contributed by atoms with Gasteiger partial charge in [0.2, 0.25) is 11.8 Å². The Labute approximate surface area is 106 Å². The lowest BCUT2D eigenvalue weighted by atomic mass is 10.1. The second kappa shape index (κ2) is 5.62. The lowest BCUT2D eigenvalue weighted by Crippen LogP contribution is -2.28. The number of hydrogen-bond acceptors (Lipinski definition) is 3. The van der Waals surface area contributed by atoms with Crippen molar-refractivity contribution in [3.05, 3.63) is 24.5 Å². The van der Waals surface area contributed by atoms with E-state index in [0.29, 0.717) is 13.0 Å². The first kappa shape index (κ1) is 12.5. The number of likely N-dealkylation sites (tertiary alicyclic amines) is 1. The highest BCUT2D eigenvalue weighted by Gasteiger charge is 2.33. The van der Waals surface area contributed by atoms with Gasteiger partial charge in [-0.1, -0.05) is 6.92 Å². The van der Waals surface area contributed by atoms with E-state index in [1.165, 1.54) is 0 Å². The van der Waals surface area contributed by atoms with Crippen LogP contribution in [0.5, 0.6) is 0 Å². The van der Waals surface area contributed by atoms with E-state index in [1.54, 1.807) is 29.4 Å². The minimum Gasteiger partial charge on any atom is -0.342 e. The van der Waals surface area contributed by atoms with Crippen molar-refractivity contribution in [2.75, 3.05) is 18.4 Å². The maximum Gasteiger partial charge on any atom is 0.229 e. The zero-order valence-corrected chi connectivity index (χ0v) is 10.4. The smallest absolute Gasteiger partial charge is 0.229 e. The van der Waals surface area contributed by atoms with Crippen molar-refractivity contribution >= 4 is 17.5 Å². The summed E-state index contributed by atoms with van der Waals surface area (Å²) in [6.07, 6.45) is 4.49. The Morgan fingerprint density at radius 1 is 1.50 bits per heavy atom. The fraction of sp³-hybridized carbons (Fsp3) is 0.462. The van der Waals surface area contributed by atoms with Crippen molar-refractivity contribution < 1.29 is 9.59 Å². The summed E-state index contributed by atoms with van der Waals surface area (Å²) in [4.78, 5) is 29.3. The monoisotopic (exact) mass is 247 g/mol. The van der Waals surface area contributed by atoms with Gasteiger partial charge in [-0.3, -0.25) is 14.6 Å². The number of carbonyl (C=O) groups is 2. The molecule has 1 aliphatic rings. The van der Waals surface area contributed by atoms with E-state index in [2.05, 4.69) is 10.3 Å². The molecule has 0 unspecified atom stereocenters. The summed E-state index contributed by atoms with van der Waals surface area (Å²) in [5.74, 6) is -0.253. The second-order valence-electron chi connectivity index (χ2n) is 4.47. The Morgan fingerprint density at radius 3 is 2.89 bits per heavy atom. The van der Waals surface area contributed by atoms with Crippen molar-refractivity contribution in [3.63, 3.8) is 0 Å². The average molecular weight is 247 g/mol. The quantitative estimate of drug-likeness (QED) is 0.871. The number of amides is 2. The number of nitrogens with one attached hydrogen (secondary N) is 1. The van der Waals surface area contributed by atoms with Gasteiger partial charge in [0.1, 0.15) is 0 Å². The summed E-state index contributed by atoms with van der Waals surface area (Å²) in [7, 11) is 0. The summed E-state index contributed by atoms with van der Waals surface area (Å²) in [6, 6.07) is 3.47. The van der Waals surface area contributed by atoms with E-state index in [-0.39, 0.29) is 17.7 Å². The molecule has 2 rings (SSSR count). The van der Waals surface area contributed by atoms with Crippen LogP contribution in [0.1, 0.15) is 19.8 Å². The van der Waals surface area contributed by atoms with E-state index in [1.807, 2.05) is 6.92 Å². The second-order valence-corrected chi connectivity index (χ2v) is 4.47. The summed E-state index contributed by atoms with van der Waals surface area (Å²) < 4.78 is 0. The molecule has 1 atom stereocenters. The molecule has 0 aliphatic carbocycles. The number of anilines is 1. The highest BCUT2D eigenvalue weighted by Crippen LogP contribution is 2.19. The molecule has 18 heavy (non-hydrogen) atoms. The number of aromatic nitrogens is 1. The van der Waals surface area contributed by atoms with Crippen LogP contribution < -0.4 is 5.32 Å². The zero-order chi connectivity index (χ0) is 13.0. The Hall–Kier alpha value is -1.91. The molecule has 1 aliphatic heterocycles. The van der Waals surface area contributed by atoms with Gasteiger partial charge >= 0.3 is 0 Å². The summed E-state index contributed by atoms with van der Waals surface area (Å²) in [6.45, 7) is 3.29. The van der Waals surface area contributed by atoms with Gasteiger partial charge in [0.05, 0.1) is 5.92 Å². The van der Waals surface area contributed by atoms with Gasteiger partial charge < -0.3 is 10.2 Å². The minimum absolute atomic E-state index is 0.0757. The van der Waals surface area contributed by atoms with Crippen molar-refractivity contribution in [1.29, 1.82) is 0 Å². The number of pyridine rings is 1. The predicted molar refractivity (Wildman–Crippen MR) is 67.8 cm³/mol. The van der Waals surface area contributed by atoms with Crippen molar-refractivity contribution in [3.8, 4) is 0 Å². The largest absolute Gasteiger partial charge is 0.342 e. The first-order chi connectivity index (χ1) is 8.70. The molecule has 1 aromatic rings. The van der Waals surface area contributed by atoms with E-state index in [0.717, 1.165) is 18.7 Å². The van der Waals surface area contributed by atoms with Crippen LogP contribution in [0, 0.1) is 5.92 Å². The maximum atomic E-state index is 12.0. The third-order valence-corrected chi connectivity index (χ3v) is 3.03. The van der Waals surface area contributed by atoms with Crippen molar-refractivity contribution in [2.24, 2.45) is 5.92 Å². The average Bonchev–Trinajstić information content (AvgIpc) is 2.73. The molecule has 1 saturated heterocycles. The Bertz CT molecular complexity index is 433. The Morgan fingerprint density at radius 2 is 2.22 bits per heavy atom. The first-order valence-corrected chi connectivity index (χ1v) is 6.19. The molecular formula is C13H17N3O2. The summed E-state index contributed by atoms with van der Waals surface area (Å²) in [5.41, 5.74) is 0.719. The fourth-order valence-corrected chi connectivity index (χ4v) is 2.11. The Balaban J connectivity index is 1.93. The minimum atomic E-state index is -0.239. The fourth-order valence-electron chi connectivity index (χ4n) is 2.11. The van der Waals surface area contributed by atoms with Crippen LogP contribution in [0.25, 0.3) is 0 Å². The lowest BCUT2D eigenvalue weighted by Gasteiger charge is -2.15. The first-order valence-electron chi connectivity index (χ1n) is 6.19. The van der Waals surface area contributed by atoms with E-state index < -0.39 is 0 Å². The highest BCUT2D eigenvalue weighted by molar-refractivity contribution is 5.97. The Kier molecular flexibility index (Phi) is 3.92. The number of carbonyl (C=O) groups excluding carboxylic acids is 2. The molecule has 0 saturated carbocycles. The van der Waals surface area contributed by atoms with Crippen LogP contribution in [0.15, 0.2) is 24.5 Å². The number of nitrogens with zero attached hydrogens (tertiary/aromatic N) is 2. The van der Waals surface area contributed by atoms with Gasteiger partial charge in [-0.25, -0.2) is 0 Å². The molecule has 2 heterocycles. The molecule has 0 radical (unpaired) electrons. The molecule has 0 bridgehead atoms. The molecule has 96 valence electrons. The van der Waals surface area contributed by atoms with Crippen LogP contribution in [0.2, 0.25) is 0 Å². The van der Waals surface area contributed by atoms with Gasteiger partial charge in [0.15, 0.2) is 0 Å². The molecule has 0 spiro atoms. The van der Waals surface area contributed by atoms with Crippen LogP contribution in [-0.4, -0.2) is 34.8 Å². The van der Waals surface area contributed by atoms with E-state index in [4.69, 9.17) is 0 Å². The van der Waals surface area contributed by atoms with Gasteiger partial charge in [0.25, 0.3) is 0 Å². The maximum absolute atomic E-state index is 12.0. The molecule has 1 fully saturated rings. The topological polar surface area (TPSA) is 62.3 Å². The SMILES string of the molecule is CCCN1C[C@H](C(=O)Nc2ccncc2)CC1=O. The molecule has 1 N–H and O–H groups in total. The molecule has 5 nitrogen and oxygen atoms in total. The summed E-state index contributed by atoms with van der Waals surface area (Å²) >= 11 is 0. The van der Waals surface area contributed by atoms with Gasteiger partial charge in [-0.15, -0.1) is 0 Å². The molecular weight excluding hydrogens is 230 g/mol. The standard InChI is InChI=1S/C13H17N3O2/c1-2-7-16-9-10(8-12(16)17)13(18)15-11-3-5-14-6-4-11/h3-6,10H,2,7-9H2,1H3,(H,14,15,18)/t10-/m1/s1. The van der Waals surface area contributed by atoms with Crippen LogP contribution in [0.4, 0.5) is 5.69 Å². The molecule has 5 heteroatoms. The third-order valence-electron chi connectivity index (χ3n) is 3.03. The van der Waals surface area contributed by atoms with Crippen molar-refractivity contribution in [2.45, 2.75) is 19.8 Å². The van der Waals surface area contributed by atoms with Crippen LogP contribution >= 0.6 is 0 Å². The molecule has 0 aromatic carbocycles. The normalized spacial score (nSPS) is 19.1. The van der Waals surface area contributed by atoms with Crippen LogP contribution in [-0.2, 0) is 9.59 Å². The predicted octanol–water partition coefficient (Wildman–Crippen LogP) is 1.28. The van der Waals surface area contributed by atoms with E-state index in [9.17, 15) is 9.59 Å². The van der Waals surface area contributed by atoms with Gasteiger partial charge in [0, 0.05) is 37.6 Å².